The number of nitrogen functional groups attached to an aromatic ring is 1. The van der Waals surface area contributed by atoms with Gasteiger partial charge in [-0.15, -0.1) is 11.3 Å². The van der Waals surface area contributed by atoms with Crippen molar-refractivity contribution in [1.82, 2.24) is 5.16 Å². The highest BCUT2D eigenvalue weighted by atomic mass is 79.9. The maximum atomic E-state index is 5.91. The molecule has 96 valence electrons. The number of halogens is 1. The Labute approximate surface area is 123 Å². The van der Waals surface area contributed by atoms with Crippen LogP contribution in [0.15, 0.2) is 44.7 Å². The molecule has 0 aliphatic heterocycles. The van der Waals surface area contributed by atoms with Crippen LogP contribution in [-0.4, -0.2) is 5.16 Å². The van der Waals surface area contributed by atoms with Crippen molar-refractivity contribution in [3.05, 3.63) is 45.7 Å². The van der Waals surface area contributed by atoms with E-state index >= 15 is 0 Å². The fraction of sp³-hybridized carbons (Fsp3) is 0.0714. The topological polar surface area (TPSA) is 52.0 Å². The average Bonchev–Trinajstić information content (AvgIpc) is 2.98. The lowest BCUT2D eigenvalue weighted by Crippen LogP contribution is -1.87. The second-order valence-corrected chi connectivity index (χ2v) is 6.03. The third-order valence-corrected chi connectivity index (χ3v) is 4.41. The summed E-state index contributed by atoms with van der Waals surface area (Å²) in [5, 5.41) is 6.12. The van der Waals surface area contributed by atoms with Crippen LogP contribution in [0.4, 0.5) is 5.88 Å². The number of hydrogen-bond acceptors (Lipinski definition) is 4. The maximum absolute atomic E-state index is 5.91. The van der Waals surface area contributed by atoms with E-state index in [1.807, 2.05) is 36.6 Å². The van der Waals surface area contributed by atoms with E-state index in [-0.39, 0.29) is 0 Å². The number of nitrogens with zero attached hydrogens (tertiary/aromatic N) is 1. The van der Waals surface area contributed by atoms with Crippen LogP contribution in [0.3, 0.4) is 0 Å². The number of aromatic nitrogens is 1. The van der Waals surface area contributed by atoms with Crippen LogP contribution in [0.2, 0.25) is 0 Å². The summed E-state index contributed by atoms with van der Waals surface area (Å²) in [6.07, 6.45) is 0. The van der Waals surface area contributed by atoms with Crippen molar-refractivity contribution >= 4 is 33.2 Å². The number of nitrogens with two attached hydrogens (primary N) is 1. The molecule has 0 amide bonds. The Morgan fingerprint density at radius 3 is 2.84 bits per heavy atom. The number of thiophene rings is 1. The van der Waals surface area contributed by atoms with Gasteiger partial charge >= 0.3 is 0 Å². The highest BCUT2D eigenvalue weighted by molar-refractivity contribution is 9.10. The lowest BCUT2D eigenvalue weighted by molar-refractivity contribution is 0.439. The molecule has 0 saturated heterocycles. The summed E-state index contributed by atoms with van der Waals surface area (Å²) in [5.74, 6) is 0.352. The average molecular weight is 335 g/mol. The van der Waals surface area contributed by atoms with E-state index in [0.717, 1.165) is 26.2 Å². The maximum Gasteiger partial charge on any atom is 0.231 e. The highest BCUT2D eigenvalue weighted by Crippen LogP contribution is 2.40. The van der Waals surface area contributed by atoms with E-state index in [4.69, 9.17) is 10.3 Å². The Morgan fingerprint density at radius 2 is 2.16 bits per heavy atom. The van der Waals surface area contributed by atoms with E-state index in [1.54, 1.807) is 11.3 Å². The SMILES string of the molecule is Cc1ccc(-c2noc(N)c2-c2cccs2)c(Br)c1. The van der Waals surface area contributed by atoms with Crippen LogP contribution in [-0.2, 0) is 0 Å². The number of hydrogen-bond donors (Lipinski definition) is 1. The van der Waals surface area contributed by atoms with Crippen molar-refractivity contribution in [2.75, 3.05) is 5.73 Å². The fourth-order valence-electron chi connectivity index (χ4n) is 1.96. The molecule has 0 saturated carbocycles. The zero-order valence-corrected chi connectivity index (χ0v) is 12.6. The zero-order chi connectivity index (χ0) is 13.4. The molecule has 2 N–H and O–H groups in total. The molecular formula is C14H11BrN2OS. The summed E-state index contributed by atoms with van der Waals surface area (Å²) >= 11 is 5.19. The van der Waals surface area contributed by atoms with Gasteiger partial charge in [0.1, 0.15) is 5.69 Å². The van der Waals surface area contributed by atoms with Gasteiger partial charge in [-0.1, -0.05) is 39.3 Å². The van der Waals surface area contributed by atoms with E-state index in [9.17, 15) is 0 Å². The number of benzene rings is 1. The summed E-state index contributed by atoms with van der Waals surface area (Å²) in [4.78, 5) is 1.06. The monoisotopic (exact) mass is 334 g/mol. The van der Waals surface area contributed by atoms with Crippen molar-refractivity contribution < 1.29 is 4.52 Å². The quantitative estimate of drug-likeness (QED) is 0.737. The van der Waals surface area contributed by atoms with Gasteiger partial charge in [0.15, 0.2) is 0 Å². The van der Waals surface area contributed by atoms with Gasteiger partial charge in [-0.3, -0.25) is 0 Å². The molecule has 0 radical (unpaired) electrons. The Bertz CT molecular complexity index is 719. The summed E-state index contributed by atoms with van der Waals surface area (Å²) in [6.45, 7) is 2.05. The van der Waals surface area contributed by atoms with E-state index in [2.05, 4.69) is 27.2 Å². The predicted octanol–water partition coefficient (Wildman–Crippen LogP) is 4.72. The van der Waals surface area contributed by atoms with Crippen molar-refractivity contribution in [2.45, 2.75) is 6.92 Å². The van der Waals surface area contributed by atoms with Crippen LogP contribution >= 0.6 is 27.3 Å². The van der Waals surface area contributed by atoms with Gasteiger partial charge in [-0.05, 0) is 30.0 Å². The van der Waals surface area contributed by atoms with Gasteiger partial charge in [-0.25, -0.2) is 0 Å². The Morgan fingerprint density at radius 1 is 1.32 bits per heavy atom. The molecule has 19 heavy (non-hydrogen) atoms. The van der Waals surface area contributed by atoms with Crippen molar-refractivity contribution in [3.8, 4) is 21.7 Å². The van der Waals surface area contributed by atoms with Gasteiger partial charge < -0.3 is 10.3 Å². The lowest BCUT2D eigenvalue weighted by atomic mass is 10.1. The largest absolute Gasteiger partial charge is 0.367 e. The Balaban J connectivity index is 2.21. The van der Waals surface area contributed by atoms with Crippen LogP contribution in [0.5, 0.6) is 0 Å². The molecule has 3 rings (SSSR count). The first-order valence-corrected chi connectivity index (χ1v) is 7.39. The third kappa shape index (κ3) is 2.19. The van der Waals surface area contributed by atoms with Crippen molar-refractivity contribution in [1.29, 1.82) is 0 Å². The first kappa shape index (κ1) is 12.4. The molecule has 0 fully saturated rings. The number of anilines is 1. The smallest absolute Gasteiger partial charge is 0.231 e. The van der Waals surface area contributed by atoms with Crippen LogP contribution < -0.4 is 5.73 Å². The molecule has 0 bridgehead atoms. The van der Waals surface area contributed by atoms with Crippen LogP contribution in [0, 0.1) is 6.92 Å². The van der Waals surface area contributed by atoms with Gasteiger partial charge in [0.2, 0.25) is 5.88 Å². The van der Waals surface area contributed by atoms with E-state index < -0.39 is 0 Å². The van der Waals surface area contributed by atoms with Crippen LogP contribution in [0.1, 0.15) is 5.56 Å². The van der Waals surface area contributed by atoms with Crippen LogP contribution in [0.25, 0.3) is 21.7 Å². The van der Waals surface area contributed by atoms with E-state index in [0.29, 0.717) is 5.88 Å². The minimum absolute atomic E-state index is 0.352. The molecule has 5 heteroatoms. The minimum Gasteiger partial charge on any atom is -0.367 e. The number of rotatable bonds is 2. The molecule has 0 unspecified atom stereocenters. The summed E-state index contributed by atoms with van der Waals surface area (Å²) in [5.41, 5.74) is 9.71. The molecule has 1 aromatic carbocycles. The molecule has 2 aromatic heterocycles. The predicted molar refractivity (Wildman–Crippen MR) is 82.1 cm³/mol. The normalized spacial score (nSPS) is 10.8. The second kappa shape index (κ2) is 4.83. The molecule has 0 atom stereocenters. The Hall–Kier alpha value is -1.59. The van der Waals surface area contributed by atoms with Crippen molar-refractivity contribution in [3.63, 3.8) is 0 Å². The van der Waals surface area contributed by atoms with Gasteiger partial charge in [0.25, 0.3) is 0 Å². The molecule has 0 spiro atoms. The molecule has 2 heterocycles. The summed E-state index contributed by atoms with van der Waals surface area (Å²) in [6, 6.07) is 10.1. The lowest BCUT2D eigenvalue weighted by Gasteiger charge is -2.04. The van der Waals surface area contributed by atoms with Gasteiger partial charge in [-0.2, -0.15) is 0 Å². The third-order valence-electron chi connectivity index (χ3n) is 2.87. The minimum atomic E-state index is 0.352. The summed E-state index contributed by atoms with van der Waals surface area (Å²) < 4.78 is 6.16. The fourth-order valence-corrected chi connectivity index (χ4v) is 3.41. The van der Waals surface area contributed by atoms with Gasteiger partial charge in [0.05, 0.1) is 5.56 Å². The zero-order valence-electron chi connectivity index (χ0n) is 10.2. The number of aryl methyl sites for hydroxylation is 1. The van der Waals surface area contributed by atoms with Gasteiger partial charge in [0, 0.05) is 14.9 Å². The highest BCUT2D eigenvalue weighted by Gasteiger charge is 2.19. The molecule has 0 aliphatic carbocycles. The molecule has 3 nitrogen and oxygen atoms in total. The first-order chi connectivity index (χ1) is 9.16. The standard InChI is InChI=1S/C14H11BrN2OS/c1-8-4-5-9(10(15)7-8)13-12(14(16)18-17-13)11-3-2-6-19-11/h2-7H,16H2,1H3. The van der Waals surface area contributed by atoms with Crippen molar-refractivity contribution in [2.24, 2.45) is 0 Å². The van der Waals surface area contributed by atoms with E-state index in [1.165, 1.54) is 5.56 Å². The molecule has 0 aliphatic rings. The summed E-state index contributed by atoms with van der Waals surface area (Å²) in [7, 11) is 0. The Kier molecular flexibility index (Phi) is 3.16. The second-order valence-electron chi connectivity index (χ2n) is 4.23. The molecular weight excluding hydrogens is 324 g/mol. The first-order valence-electron chi connectivity index (χ1n) is 5.72. The molecule has 3 aromatic rings.